The van der Waals surface area contributed by atoms with Crippen LogP contribution in [0.2, 0.25) is 0 Å². The summed E-state index contributed by atoms with van der Waals surface area (Å²) in [5.74, 6) is 0. The molecule has 0 spiro atoms. The van der Waals surface area contributed by atoms with Gasteiger partial charge in [0.1, 0.15) is 11.2 Å². The first kappa shape index (κ1) is 26.5. The number of piperidine rings is 2. The number of nitrogens with one attached hydrogen (secondary N) is 4. The molecule has 0 radical (unpaired) electrons. The zero-order chi connectivity index (χ0) is 22.9. The Morgan fingerprint density at radius 1 is 0.733 bits per heavy atom. The van der Waals surface area contributed by atoms with Crippen molar-refractivity contribution in [2.75, 3.05) is 13.1 Å². The molecule has 30 heavy (non-hydrogen) atoms. The predicted molar refractivity (Wildman–Crippen MR) is 120 cm³/mol. The van der Waals surface area contributed by atoms with Crippen molar-refractivity contribution in [2.45, 2.75) is 116 Å². The number of hydrogen-bond donors (Lipinski definition) is 4. The van der Waals surface area contributed by atoms with Crippen LogP contribution in [0.1, 0.15) is 81.1 Å². The van der Waals surface area contributed by atoms with Gasteiger partial charge in [-0.1, -0.05) is 0 Å². The van der Waals surface area contributed by atoms with E-state index in [4.69, 9.17) is 9.47 Å². The maximum absolute atomic E-state index is 11.5. The third-order valence-corrected chi connectivity index (χ3v) is 4.93. The Morgan fingerprint density at radius 3 is 1.33 bits per heavy atom. The molecule has 2 fully saturated rings. The van der Waals surface area contributed by atoms with Crippen LogP contribution in [0.5, 0.6) is 0 Å². The van der Waals surface area contributed by atoms with E-state index in [9.17, 15) is 9.59 Å². The number of ether oxygens (including phenoxy) is 2. The standard InChI is InChI=1S/2C11H22N2O2/c2*1-8-9(6-5-7-12-8)13-10(14)15-11(2,3)4/h2*8-9,12H,5-7H2,1-4H3,(H,13,14)/t2*8-,9-/m10/s1. The molecule has 2 heterocycles. The fourth-order valence-electron chi connectivity index (χ4n) is 3.40. The van der Waals surface area contributed by atoms with Crippen molar-refractivity contribution in [2.24, 2.45) is 0 Å². The van der Waals surface area contributed by atoms with Gasteiger partial charge < -0.3 is 30.7 Å². The van der Waals surface area contributed by atoms with Crippen LogP contribution in [-0.2, 0) is 9.47 Å². The van der Waals surface area contributed by atoms with Crippen molar-refractivity contribution >= 4 is 12.2 Å². The molecule has 8 heteroatoms. The molecular formula is C22H44N4O4. The molecule has 2 aliphatic heterocycles. The average molecular weight is 429 g/mol. The highest BCUT2D eigenvalue weighted by atomic mass is 16.6. The lowest BCUT2D eigenvalue weighted by atomic mass is 10.0. The van der Waals surface area contributed by atoms with E-state index in [1.807, 2.05) is 41.5 Å². The van der Waals surface area contributed by atoms with Gasteiger partial charge in [-0.3, -0.25) is 0 Å². The van der Waals surface area contributed by atoms with Crippen LogP contribution in [0.25, 0.3) is 0 Å². The molecule has 0 unspecified atom stereocenters. The molecule has 8 nitrogen and oxygen atoms in total. The van der Waals surface area contributed by atoms with Gasteiger partial charge in [-0.25, -0.2) is 9.59 Å². The van der Waals surface area contributed by atoms with Gasteiger partial charge in [-0.05, 0) is 94.2 Å². The zero-order valence-electron chi connectivity index (χ0n) is 20.2. The highest BCUT2D eigenvalue weighted by molar-refractivity contribution is 5.68. The Hall–Kier alpha value is -1.54. The molecule has 4 N–H and O–H groups in total. The predicted octanol–water partition coefficient (Wildman–Crippen LogP) is 3.30. The van der Waals surface area contributed by atoms with Gasteiger partial charge in [0.15, 0.2) is 0 Å². The molecular weight excluding hydrogens is 384 g/mol. The highest BCUT2D eigenvalue weighted by Gasteiger charge is 2.26. The minimum Gasteiger partial charge on any atom is -0.444 e. The van der Waals surface area contributed by atoms with E-state index in [0.717, 1.165) is 38.8 Å². The van der Waals surface area contributed by atoms with E-state index in [2.05, 4.69) is 35.1 Å². The summed E-state index contributed by atoms with van der Waals surface area (Å²) in [6.45, 7) is 17.5. The molecule has 0 saturated carbocycles. The molecule has 2 aliphatic rings. The second-order valence-corrected chi connectivity index (χ2v) is 10.3. The molecule has 0 aromatic heterocycles. The van der Waals surface area contributed by atoms with Gasteiger partial charge in [-0.15, -0.1) is 0 Å². The molecule has 0 aliphatic carbocycles. The monoisotopic (exact) mass is 428 g/mol. The largest absolute Gasteiger partial charge is 0.444 e. The Balaban J connectivity index is 0.000000300. The van der Waals surface area contributed by atoms with Crippen LogP contribution in [0.4, 0.5) is 9.59 Å². The van der Waals surface area contributed by atoms with Crippen molar-refractivity contribution < 1.29 is 19.1 Å². The van der Waals surface area contributed by atoms with Crippen molar-refractivity contribution in [3.05, 3.63) is 0 Å². The van der Waals surface area contributed by atoms with Gasteiger partial charge in [-0.2, -0.15) is 0 Å². The molecule has 4 atom stereocenters. The normalized spacial score (nSPS) is 27.2. The third kappa shape index (κ3) is 11.6. The Morgan fingerprint density at radius 2 is 1.07 bits per heavy atom. The summed E-state index contributed by atoms with van der Waals surface area (Å²) in [5, 5.41) is 12.5. The molecule has 2 saturated heterocycles. The van der Waals surface area contributed by atoms with E-state index < -0.39 is 11.2 Å². The second-order valence-electron chi connectivity index (χ2n) is 10.3. The van der Waals surface area contributed by atoms with Crippen LogP contribution in [0.3, 0.4) is 0 Å². The molecule has 0 aromatic carbocycles. The van der Waals surface area contributed by atoms with Gasteiger partial charge in [0.2, 0.25) is 0 Å². The van der Waals surface area contributed by atoms with Crippen LogP contribution in [0.15, 0.2) is 0 Å². The molecule has 2 amide bonds. The number of carbonyl (C=O) groups is 2. The second kappa shape index (κ2) is 11.7. The van der Waals surface area contributed by atoms with Crippen molar-refractivity contribution in [1.82, 2.24) is 21.3 Å². The highest BCUT2D eigenvalue weighted by Crippen LogP contribution is 2.12. The maximum Gasteiger partial charge on any atom is 0.407 e. The number of hydrogen-bond acceptors (Lipinski definition) is 6. The Kier molecular flexibility index (Phi) is 10.4. The van der Waals surface area contributed by atoms with Crippen molar-refractivity contribution in [3.8, 4) is 0 Å². The van der Waals surface area contributed by atoms with E-state index in [-0.39, 0.29) is 24.3 Å². The first-order valence-electron chi connectivity index (χ1n) is 11.2. The van der Waals surface area contributed by atoms with Gasteiger partial charge in [0.05, 0.1) is 0 Å². The van der Waals surface area contributed by atoms with Gasteiger partial charge in [0.25, 0.3) is 0 Å². The quantitative estimate of drug-likeness (QED) is 0.538. The molecule has 0 bridgehead atoms. The fourth-order valence-corrected chi connectivity index (χ4v) is 3.40. The first-order chi connectivity index (χ1) is 13.8. The van der Waals surface area contributed by atoms with Crippen LogP contribution >= 0.6 is 0 Å². The lowest BCUT2D eigenvalue weighted by Crippen LogP contribution is -2.52. The third-order valence-electron chi connectivity index (χ3n) is 4.93. The number of rotatable bonds is 2. The van der Waals surface area contributed by atoms with Crippen LogP contribution in [-0.4, -0.2) is 60.6 Å². The van der Waals surface area contributed by atoms with E-state index in [1.165, 1.54) is 0 Å². The Bertz CT molecular complexity index is 494. The molecule has 0 aromatic rings. The van der Waals surface area contributed by atoms with Crippen LogP contribution in [0, 0.1) is 0 Å². The lowest BCUT2D eigenvalue weighted by molar-refractivity contribution is 0.0473. The first-order valence-corrected chi connectivity index (χ1v) is 11.2. The SMILES string of the molecule is C[C@@H]1NCCC[C@@H]1NC(=O)OC(C)(C)C.C[C@H]1NCCC[C@H]1NC(=O)OC(C)(C)C. The minimum atomic E-state index is -0.421. The van der Waals surface area contributed by atoms with Gasteiger partial charge >= 0.3 is 12.2 Å². The number of carbonyl (C=O) groups excluding carboxylic acids is 2. The lowest BCUT2D eigenvalue weighted by Gasteiger charge is -2.31. The summed E-state index contributed by atoms with van der Waals surface area (Å²) in [6.07, 6.45) is 3.61. The minimum absolute atomic E-state index is 0.189. The number of alkyl carbamates (subject to hydrolysis) is 2. The van der Waals surface area contributed by atoms with E-state index in [1.54, 1.807) is 0 Å². The summed E-state index contributed by atoms with van der Waals surface area (Å²) in [6, 6.07) is 1.03. The van der Waals surface area contributed by atoms with Gasteiger partial charge in [0, 0.05) is 24.2 Å². The van der Waals surface area contributed by atoms with E-state index >= 15 is 0 Å². The van der Waals surface area contributed by atoms with Crippen molar-refractivity contribution in [1.29, 1.82) is 0 Å². The maximum atomic E-state index is 11.5. The van der Waals surface area contributed by atoms with E-state index in [0.29, 0.717) is 12.1 Å². The topological polar surface area (TPSA) is 101 Å². The van der Waals surface area contributed by atoms with Crippen LogP contribution < -0.4 is 21.3 Å². The Labute approximate surface area is 182 Å². The zero-order valence-corrected chi connectivity index (χ0v) is 20.2. The summed E-state index contributed by atoms with van der Waals surface area (Å²) in [5.41, 5.74) is -0.842. The summed E-state index contributed by atoms with van der Waals surface area (Å²) >= 11 is 0. The summed E-state index contributed by atoms with van der Waals surface area (Å²) in [4.78, 5) is 23.0. The number of amides is 2. The summed E-state index contributed by atoms with van der Waals surface area (Å²) < 4.78 is 10.4. The molecule has 2 rings (SSSR count). The molecule has 176 valence electrons. The average Bonchev–Trinajstić information content (AvgIpc) is 2.56. The van der Waals surface area contributed by atoms with Crippen molar-refractivity contribution in [3.63, 3.8) is 0 Å². The smallest absolute Gasteiger partial charge is 0.407 e. The fraction of sp³-hybridized carbons (Fsp3) is 0.909. The summed E-state index contributed by atoms with van der Waals surface area (Å²) in [7, 11) is 0.